The van der Waals surface area contributed by atoms with E-state index in [1.54, 1.807) is 0 Å². The lowest BCUT2D eigenvalue weighted by Crippen LogP contribution is -2.79. The van der Waals surface area contributed by atoms with Gasteiger partial charge in [0.2, 0.25) is 9.74 Å². The van der Waals surface area contributed by atoms with Crippen molar-refractivity contribution >= 4 is 50.0 Å². The lowest BCUT2D eigenvalue weighted by Gasteiger charge is -2.58. The van der Waals surface area contributed by atoms with Crippen molar-refractivity contribution < 1.29 is 19.8 Å². The number of amides is 2. The van der Waals surface area contributed by atoms with Crippen LogP contribution in [0.1, 0.15) is 11.1 Å². The minimum absolute atomic E-state index is 0.373. The molecule has 4 saturated heterocycles. The zero-order valence-corrected chi connectivity index (χ0v) is 19.1. The van der Waals surface area contributed by atoms with Gasteiger partial charge >= 0.3 is 0 Å². The van der Waals surface area contributed by atoms with E-state index in [1.807, 2.05) is 54.7 Å². The van der Waals surface area contributed by atoms with Crippen LogP contribution in [0.2, 0.25) is 0 Å². The first kappa shape index (κ1) is 19.8. The van der Waals surface area contributed by atoms with Crippen molar-refractivity contribution in [3.63, 3.8) is 0 Å². The van der Waals surface area contributed by atoms with E-state index in [1.165, 1.54) is 27.6 Å². The summed E-state index contributed by atoms with van der Waals surface area (Å²) in [5.74, 6) is -0.748. The molecular formula is C23H20N4O4S2. The molecule has 0 radical (unpaired) electrons. The van der Waals surface area contributed by atoms with Gasteiger partial charge < -0.3 is 25.4 Å². The van der Waals surface area contributed by atoms with Crippen molar-refractivity contribution in [2.45, 2.75) is 27.4 Å². The molecule has 5 atom stereocenters. The Morgan fingerprint density at radius 1 is 1.03 bits per heavy atom. The summed E-state index contributed by atoms with van der Waals surface area (Å²) in [6.07, 6.45) is -0.0582. The van der Waals surface area contributed by atoms with Crippen LogP contribution in [0.25, 0.3) is 10.9 Å². The number of aliphatic hydroxyl groups is 2. The van der Waals surface area contributed by atoms with Crippen LogP contribution in [0.4, 0.5) is 5.69 Å². The highest BCUT2D eigenvalue weighted by Gasteiger charge is 2.82. The fourth-order valence-corrected chi connectivity index (χ4v) is 9.86. The Hall–Kier alpha value is -2.66. The fraction of sp³-hybridized carbons (Fsp3) is 0.304. The molecule has 4 N–H and O–H groups in total. The summed E-state index contributed by atoms with van der Waals surface area (Å²) in [6, 6.07) is 15.5. The number of hydrogen-bond acceptors (Lipinski definition) is 7. The number of fused-ring (bicyclic) bond motifs is 6. The Balaban J connectivity index is 1.58. The summed E-state index contributed by atoms with van der Waals surface area (Å²) in [6.45, 7) is -0.506. The quantitative estimate of drug-likeness (QED) is 0.413. The molecule has 2 aromatic carbocycles. The van der Waals surface area contributed by atoms with Crippen LogP contribution < -0.4 is 5.32 Å². The first-order chi connectivity index (χ1) is 15.9. The van der Waals surface area contributed by atoms with Gasteiger partial charge in [0.05, 0.1) is 12.0 Å². The van der Waals surface area contributed by atoms with Crippen LogP contribution >= 0.6 is 21.6 Å². The Kier molecular flexibility index (Phi) is 3.63. The molecule has 0 saturated carbocycles. The Bertz CT molecular complexity index is 1380. The number of rotatable bonds is 2. The predicted molar refractivity (Wildman–Crippen MR) is 126 cm³/mol. The normalized spacial score (nSPS) is 36.2. The van der Waals surface area contributed by atoms with E-state index in [0.29, 0.717) is 0 Å². The summed E-state index contributed by atoms with van der Waals surface area (Å²) >= 11 is 0. The molecule has 6 heterocycles. The topological polar surface area (TPSA) is 109 Å². The Labute approximate surface area is 196 Å². The molecule has 0 unspecified atom stereocenters. The van der Waals surface area contributed by atoms with Gasteiger partial charge in [-0.05, 0) is 44.8 Å². The van der Waals surface area contributed by atoms with Crippen molar-refractivity contribution in [2.75, 3.05) is 19.0 Å². The van der Waals surface area contributed by atoms with Gasteiger partial charge in [-0.15, -0.1) is 0 Å². The van der Waals surface area contributed by atoms with Gasteiger partial charge in [-0.2, -0.15) is 0 Å². The van der Waals surface area contributed by atoms with Crippen molar-refractivity contribution in [3.05, 3.63) is 65.9 Å². The molecular weight excluding hydrogens is 460 g/mol. The van der Waals surface area contributed by atoms with Gasteiger partial charge in [-0.25, -0.2) is 0 Å². The average Bonchev–Trinajstić information content (AvgIpc) is 3.47. The van der Waals surface area contributed by atoms with E-state index in [2.05, 4.69) is 10.3 Å². The van der Waals surface area contributed by atoms with Crippen LogP contribution in [0.15, 0.2) is 54.7 Å². The zero-order chi connectivity index (χ0) is 22.8. The molecule has 8 rings (SSSR count). The number of nitrogens with one attached hydrogen (secondary N) is 2. The van der Waals surface area contributed by atoms with E-state index in [0.717, 1.165) is 38.5 Å². The number of anilines is 1. The minimum Gasteiger partial charge on any atom is -0.392 e. The maximum absolute atomic E-state index is 14.0. The van der Waals surface area contributed by atoms with Crippen molar-refractivity contribution in [1.82, 2.24) is 14.8 Å². The number of carbonyl (C=O) groups is 2. The number of aromatic nitrogens is 1. The SMILES string of the molecule is CN1C(=O)[C@]23SS[C@]1(CO)C(=O)N2[C@H]1Nc2ccccc2[C@@]1(c1c[nH]c2ccccc12)[C@@H]3O. The predicted octanol–water partition coefficient (Wildman–Crippen LogP) is 1.66. The minimum atomic E-state index is -1.52. The number of hydrogen-bond donors (Lipinski definition) is 4. The highest BCUT2D eigenvalue weighted by molar-refractivity contribution is 8.78. The number of para-hydroxylation sites is 2. The number of carbonyl (C=O) groups excluding carboxylic acids is 2. The van der Waals surface area contributed by atoms with Crippen LogP contribution in [-0.4, -0.2) is 72.5 Å². The summed E-state index contributed by atoms with van der Waals surface area (Å²) in [5.41, 5.74) is 2.30. The maximum Gasteiger partial charge on any atom is 0.265 e. The summed E-state index contributed by atoms with van der Waals surface area (Å²) < 4.78 is 0. The summed E-state index contributed by atoms with van der Waals surface area (Å²) in [5, 5.41) is 26.9. The highest BCUT2D eigenvalue weighted by atomic mass is 33.1. The van der Waals surface area contributed by atoms with Gasteiger partial charge in [-0.1, -0.05) is 36.4 Å². The van der Waals surface area contributed by atoms with Crippen LogP contribution in [0.3, 0.4) is 0 Å². The van der Waals surface area contributed by atoms with Crippen molar-refractivity contribution in [3.8, 4) is 0 Å². The van der Waals surface area contributed by atoms with Gasteiger partial charge in [0.1, 0.15) is 12.3 Å². The smallest absolute Gasteiger partial charge is 0.265 e. The number of aliphatic hydroxyl groups excluding tert-OH is 2. The molecule has 1 spiro atoms. The highest BCUT2D eigenvalue weighted by Crippen LogP contribution is 2.69. The molecule has 5 aliphatic rings. The van der Waals surface area contributed by atoms with Gasteiger partial charge in [-0.3, -0.25) is 14.5 Å². The van der Waals surface area contributed by atoms with Crippen LogP contribution in [-0.2, 0) is 15.0 Å². The molecule has 4 fully saturated rings. The third kappa shape index (κ3) is 1.87. The number of likely N-dealkylation sites (N-methyl/N-ethyl adjacent to an activating group) is 1. The van der Waals surface area contributed by atoms with E-state index in [9.17, 15) is 19.8 Å². The third-order valence-electron chi connectivity index (χ3n) is 7.78. The largest absolute Gasteiger partial charge is 0.392 e. The Morgan fingerprint density at radius 3 is 2.61 bits per heavy atom. The van der Waals surface area contributed by atoms with E-state index in [-0.39, 0.29) is 11.8 Å². The van der Waals surface area contributed by atoms with Crippen LogP contribution in [0.5, 0.6) is 0 Å². The number of nitrogens with zero attached hydrogens (tertiary/aromatic N) is 2. The molecule has 10 heteroatoms. The van der Waals surface area contributed by atoms with E-state index >= 15 is 0 Å². The molecule has 33 heavy (non-hydrogen) atoms. The van der Waals surface area contributed by atoms with Gasteiger partial charge in [0, 0.05) is 29.8 Å². The number of benzene rings is 2. The van der Waals surface area contributed by atoms with Crippen molar-refractivity contribution in [2.24, 2.45) is 0 Å². The summed E-state index contributed by atoms with van der Waals surface area (Å²) in [4.78, 5) is 31.0. The Morgan fingerprint density at radius 2 is 1.79 bits per heavy atom. The first-order valence-electron chi connectivity index (χ1n) is 10.6. The van der Waals surface area contributed by atoms with E-state index < -0.39 is 34.0 Å². The van der Waals surface area contributed by atoms with Gasteiger partial charge in [0.25, 0.3) is 11.8 Å². The second-order valence-corrected chi connectivity index (χ2v) is 11.6. The molecule has 1 aromatic heterocycles. The second kappa shape index (κ2) is 6.06. The number of piperazine rings is 1. The third-order valence-corrected chi connectivity index (χ3v) is 11.4. The summed E-state index contributed by atoms with van der Waals surface area (Å²) in [7, 11) is 3.87. The fourth-order valence-electron chi connectivity index (χ4n) is 6.20. The van der Waals surface area contributed by atoms with Crippen LogP contribution in [0, 0.1) is 0 Å². The van der Waals surface area contributed by atoms with Crippen molar-refractivity contribution in [1.29, 1.82) is 0 Å². The maximum atomic E-state index is 14.0. The second-order valence-electron chi connectivity index (χ2n) is 8.96. The molecule has 0 aliphatic carbocycles. The monoisotopic (exact) mass is 480 g/mol. The number of H-pyrrole nitrogens is 1. The lowest BCUT2D eigenvalue weighted by molar-refractivity contribution is -0.169. The average molecular weight is 481 g/mol. The molecule has 3 aromatic rings. The standard InChI is InChI=1S/C23H20N4O4S2/c1-26-20(31)23-17(29)22(14-10-24-15-8-4-2-6-12(14)15)13-7-3-5-9-16(13)25-18(22)27(23)19(30)21(26,11-28)32-33-23/h2-10,17-18,24-25,28-29H,11H2,1H3/t17-,18+,21+,22+,23-/m0/s1. The lowest BCUT2D eigenvalue weighted by atomic mass is 9.70. The number of aromatic amines is 1. The first-order valence-corrected chi connectivity index (χ1v) is 12.8. The molecule has 168 valence electrons. The molecule has 2 amide bonds. The molecule has 8 nitrogen and oxygen atoms in total. The van der Waals surface area contributed by atoms with E-state index in [4.69, 9.17) is 0 Å². The molecule has 5 aliphatic heterocycles. The zero-order valence-electron chi connectivity index (χ0n) is 17.5. The molecule has 2 bridgehead atoms. The van der Waals surface area contributed by atoms with Gasteiger partial charge in [0.15, 0.2) is 0 Å².